The molecule has 0 aromatic heterocycles. The van der Waals surface area contributed by atoms with Gasteiger partial charge in [-0.15, -0.1) is 0 Å². The third-order valence-electron chi connectivity index (χ3n) is 2.43. The average Bonchev–Trinajstić information content (AvgIpc) is 2.46. The molecule has 0 spiro atoms. The highest BCUT2D eigenvalue weighted by atomic mass is 32.2. The molecule has 6 heteroatoms. The lowest BCUT2D eigenvalue weighted by Crippen LogP contribution is -2.06. The molecular formula is C15H14FNO3S. The molecule has 0 bridgehead atoms. The number of halogens is 1. The number of hydrogen-bond donors (Lipinski definition) is 1. The van der Waals surface area contributed by atoms with Gasteiger partial charge in [-0.05, 0) is 24.3 Å². The van der Waals surface area contributed by atoms with E-state index in [0.717, 1.165) is 0 Å². The number of hydrogen-bond acceptors (Lipinski definition) is 4. The maximum Gasteiger partial charge on any atom is 0.308 e. The summed E-state index contributed by atoms with van der Waals surface area (Å²) in [4.78, 5) is 0. The molecule has 0 heterocycles. The second-order valence-electron chi connectivity index (χ2n) is 3.84. The fraction of sp³-hybridized carbons (Fsp3) is 0.0667. The van der Waals surface area contributed by atoms with Crippen LogP contribution in [-0.2, 0) is 10.5 Å². The molecule has 0 saturated heterocycles. The molecule has 4 nitrogen and oxygen atoms in total. The van der Waals surface area contributed by atoms with E-state index in [0.29, 0.717) is 11.3 Å². The van der Waals surface area contributed by atoms with E-state index in [1.165, 1.54) is 6.07 Å². The molecular weight excluding hydrogens is 293 g/mol. The minimum atomic E-state index is -2.61. The zero-order valence-corrected chi connectivity index (χ0v) is 11.9. The highest BCUT2D eigenvalue weighted by Crippen LogP contribution is 2.24. The molecule has 0 amide bonds. The van der Waals surface area contributed by atoms with Crippen LogP contribution in [0.4, 0.5) is 4.39 Å². The topological polar surface area (TPSA) is 67.2 Å². The lowest BCUT2D eigenvalue weighted by atomic mass is 10.1. The fourth-order valence-electron chi connectivity index (χ4n) is 1.59. The van der Waals surface area contributed by atoms with Gasteiger partial charge in [-0.3, -0.25) is 0 Å². The largest absolute Gasteiger partial charge is 0.482 e. The van der Waals surface area contributed by atoms with Crippen LogP contribution in [0.5, 0.6) is 5.75 Å². The maximum absolute atomic E-state index is 13.6. The number of rotatable bonds is 4. The monoisotopic (exact) mass is 307 g/mol. The number of ether oxygens (including phenoxy) is 1. The molecule has 21 heavy (non-hydrogen) atoms. The summed E-state index contributed by atoms with van der Waals surface area (Å²) in [6.07, 6.45) is 1.12. The van der Waals surface area contributed by atoms with Gasteiger partial charge in [-0.25, -0.2) is 4.39 Å². The van der Waals surface area contributed by atoms with Crippen molar-refractivity contribution in [3.63, 3.8) is 0 Å². The van der Waals surface area contributed by atoms with Gasteiger partial charge in [0, 0.05) is 5.56 Å². The van der Waals surface area contributed by atoms with Gasteiger partial charge in [-0.1, -0.05) is 43.0 Å². The van der Waals surface area contributed by atoms with Crippen LogP contribution in [0.2, 0.25) is 0 Å². The molecule has 0 aliphatic rings. The van der Waals surface area contributed by atoms with Gasteiger partial charge in [0.05, 0.1) is 0 Å². The Kier molecular flexibility index (Phi) is 6.83. The van der Waals surface area contributed by atoms with Gasteiger partial charge in [0.2, 0.25) is 0 Å². The van der Waals surface area contributed by atoms with E-state index in [1.54, 1.807) is 24.3 Å². The van der Waals surface area contributed by atoms with Gasteiger partial charge in [-0.2, -0.15) is 13.2 Å². The predicted molar refractivity (Wildman–Crippen MR) is 78.0 cm³/mol. The maximum atomic E-state index is 13.6. The van der Waals surface area contributed by atoms with Crippen LogP contribution in [-0.4, -0.2) is 8.42 Å². The van der Waals surface area contributed by atoms with Crippen molar-refractivity contribution >= 4 is 10.5 Å². The normalized spacial score (nSPS) is 10.7. The Labute approximate surface area is 124 Å². The van der Waals surface area contributed by atoms with Gasteiger partial charge < -0.3 is 4.74 Å². The van der Waals surface area contributed by atoms with Crippen molar-refractivity contribution in [3.8, 4) is 5.75 Å². The summed E-state index contributed by atoms with van der Waals surface area (Å²) in [5.74, 6) is 0.411. The van der Waals surface area contributed by atoms with E-state index in [-0.39, 0.29) is 5.82 Å². The number of para-hydroxylation sites is 1. The van der Waals surface area contributed by atoms with Gasteiger partial charge in [0.25, 0.3) is 0 Å². The van der Waals surface area contributed by atoms with Gasteiger partial charge >= 0.3 is 10.5 Å². The number of nitrogens with one attached hydrogen (secondary N) is 1. The zero-order valence-electron chi connectivity index (χ0n) is 11.1. The second kappa shape index (κ2) is 8.65. The Morgan fingerprint density at radius 1 is 1.10 bits per heavy atom. The minimum Gasteiger partial charge on any atom is -0.482 e. The quantitative estimate of drug-likeness (QED) is 0.874. The molecule has 110 valence electrons. The molecule has 0 aliphatic heterocycles. The van der Waals surface area contributed by atoms with E-state index < -0.39 is 16.6 Å². The Morgan fingerprint density at radius 3 is 2.14 bits per heavy atom. The molecule has 0 radical (unpaired) electrons. The standard InChI is InChI=1S/C15H13FO.HNO2S/c1-2-15(13-10-6-7-11-14(13)16)17-12-8-4-3-5-9-12;1-4(2)3/h2-11,15H,1H2;1H. The predicted octanol–water partition coefficient (Wildman–Crippen LogP) is 3.76. The first kappa shape index (κ1) is 16.6. The Hall–Kier alpha value is -2.47. The highest BCUT2D eigenvalue weighted by molar-refractivity contribution is 7.60. The molecule has 0 fully saturated rings. The molecule has 2 rings (SSSR count). The Bertz CT molecular complexity index is 680. The van der Waals surface area contributed by atoms with Crippen LogP contribution in [0.3, 0.4) is 0 Å². The average molecular weight is 307 g/mol. The van der Waals surface area contributed by atoms with Crippen LogP contribution >= 0.6 is 0 Å². The first-order chi connectivity index (χ1) is 10.0. The SMILES string of the molecule is C=CC(Oc1ccccc1)c1ccccc1F.N=S(=O)=O. The second-order valence-corrected chi connectivity index (χ2v) is 4.31. The van der Waals surface area contributed by atoms with Crippen LogP contribution in [0.1, 0.15) is 11.7 Å². The minimum absolute atomic E-state index is 0.284. The van der Waals surface area contributed by atoms with Crippen molar-refractivity contribution in [1.82, 2.24) is 0 Å². The van der Waals surface area contributed by atoms with Crippen molar-refractivity contribution in [2.45, 2.75) is 6.10 Å². The molecule has 0 saturated carbocycles. The zero-order chi connectivity index (χ0) is 15.7. The summed E-state index contributed by atoms with van der Waals surface area (Å²) in [6, 6.07) is 15.9. The van der Waals surface area contributed by atoms with Crippen LogP contribution in [0.25, 0.3) is 0 Å². The first-order valence-corrected chi connectivity index (χ1v) is 7.01. The number of benzene rings is 2. The fourth-order valence-corrected chi connectivity index (χ4v) is 1.59. The smallest absolute Gasteiger partial charge is 0.308 e. The lowest BCUT2D eigenvalue weighted by Gasteiger charge is -2.16. The van der Waals surface area contributed by atoms with E-state index in [9.17, 15) is 4.39 Å². The molecule has 2 aromatic rings. The summed E-state index contributed by atoms with van der Waals surface area (Å²) >= 11 is 0. The van der Waals surface area contributed by atoms with Crippen molar-refractivity contribution in [2.24, 2.45) is 0 Å². The summed E-state index contributed by atoms with van der Waals surface area (Å²) < 4.78 is 42.1. The summed E-state index contributed by atoms with van der Waals surface area (Å²) in [7, 11) is -2.61. The molecule has 2 aromatic carbocycles. The highest BCUT2D eigenvalue weighted by Gasteiger charge is 2.13. The van der Waals surface area contributed by atoms with Crippen LogP contribution in [0, 0.1) is 10.6 Å². The summed E-state index contributed by atoms with van der Waals surface area (Å²) in [5.41, 5.74) is 0.492. The van der Waals surface area contributed by atoms with Crippen molar-refractivity contribution in [2.75, 3.05) is 0 Å². The van der Waals surface area contributed by atoms with Crippen molar-refractivity contribution in [1.29, 1.82) is 4.78 Å². The van der Waals surface area contributed by atoms with Crippen molar-refractivity contribution in [3.05, 3.63) is 78.6 Å². The Balaban J connectivity index is 0.000000491. The van der Waals surface area contributed by atoms with E-state index in [2.05, 4.69) is 6.58 Å². The van der Waals surface area contributed by atoms with Crippen LogP contribution in [0.15, 0.2) is 67.3 Å². The molecule has 1 N–H and O–H groups in total. The van der Waals surface area contributed by atoms with Crippen LogP contribution < -0.4 is 4.74 Å². The van der Waals surface area contributed by atoms with E-state index in [4.69, 9.17) is 17.9 Å². The third kappa shape index (κ3) is 6.01. The molecule has 1 atom stereocenters. The van der Waals surface area contributed by atoms with Crippen molar-refractivity contribution < 1.29 is 17.5 Å². The Morgan fingerprint density at radius 2 is 1.62 bits per heavy atom. The molecule has 0 aliphatic carbocycles. The van der Waals surface area contributed by atoms with E-state index in [1.807, 2.05) is 30.3 Å². The van der Waals surface area contributed by atoms with E-state index >= 15 is 0 Å². The molecule has 1 unspecified atom stereocenters. The lowest BCUT2D eigenvalue weighted by molar-refractivity contribution is 0.250. The third-order valence-corrected chi connectivity index (χ3v) is 2.43. The first-order valence-electron chi connectivity index (χ1n) is 5.93. The van der Waals surface area contributed by atoms with Gasteiger partial charge in [0.1, 0.15) is 17.7 Å². The summed E-state index contributed by atoms with van der Waals surface area (Å²) in [6.45, 7) is 3.68. The van der Waals surface area contributed by atoms with Gasteiger partial charge in [0.15, 0.2) is 0 Å². The summed E-state index contributed by atoms with van der Waals surface area (Å²) in [5, 5.41) is 0.